The van der Waals surface area contributed by atoms with Crippen LogP contribution in [-0.4, -0.2) is 16.9 Å². The molecule has 3 N–H and O–H groups in total. The zero-order valence-corrected chi connectivity index (χ0v) is 14.4. The van der Waals surface area contributed by atoms with E-state index >= 15 is 0 Å². The molecule has 1 aromatic carbocycles. The zero-order valence-electron chi connectivity index (χ0n) is 12.8. The molecule has 0 radical (unpaired) electrons. The molecule has 2 unspecified atom stereocenters. The minimum absolute atomic E-state index is 0. The van der Waals surface area contributed by atoms with Crippen molar-refractivity contribution in [3.05, 3.63) is 40.7 Å². The van der Waals surface area contributed by atoms with Crippen LogP contribution in [0.5, 0.6) is 0 Å². The smallest absolute Gasteiger partial charge is 0.237 e. The van der Waals surface area contributed by atoms with Gasteiger partial charge in [-0.05, 0) is 13.3 Å². The number of halogens is 1. The Balaban J connectivity index is 0.00000242. The van der Waals surface area contributed by atoms with Crippen molar-refractivity contribution in [2.75, 3.05) is 0 Å². The number of thiazole rings is 1. The summed E-state index contributed by atoms with van der Waals surface area (Å²) in [5, 5.41) is 5.84. The standard InChI is InChI=1S/C16H21N3OS.ClH/c1-3-7-13(17)15(20)18-11(2)16-19-14(10-21-16)12-8-5-4-6-9-12;/h4-6,8-11,13H,3,7,17H2,1-2H3,(H,18,20);1H. The van der Waals surface area contributed by atoms with Crippen LogP contribution in [0.15, 0.2) is 35.7 Å². The van der Waals surface area contributed by atoms with Crippen LogP contribution in [0.4, 0.5) is 0 Å². The monoisotopic (exact) mass is 339 g/mol. The Kier molecular flexibility index (Phi) is 7.51. The molecule has 4 nitrogen and oxygen atoms in total. The van der Waals surface area contributed by atoms with Crippen LogP contribution in [-0.2, 0) is 4.79 Å². The van der Waals surface area contributed by atoms with E-state index in [2.05, 4.69) is 10.3 Å². The fourth-order valence-corrected chi connectivity index (χ4v) is 2.89. The Morgan fingerprint density at radius 3 is 2.68 bits per heavy atom. The molecule has 1 heterocycles. The summed E-state index contributed by atoms with van der Waals surface area (Å²) >= 11 is 1.55. The van der Waals surface area contributed by atoms with Crippen LogP contribution in [0.1, 0.15) is 37.7 Å². The minimum Gasteiger partial charge on any atom is -0.346 e. The van der Waals surface area contributed by atoms with Gasteiger partial charge in [-0.3, -0.25) is 4.79 Å². The van der Waals surface area contributed by atoms with Gasteiger partial charge >= 0.3 is 0 Å². The molecule has 0 saturated carbocycles. The molecule has 0 aliphatic carbocycles. The van der Waals surface area contributed by atoms with Crippen molar-refractivity contribution in [2.45, 2.75) is 38.8 Å². The summed E-state index contributed by atoms with van der Waals surface area (Å²) in [5.74, 6) is -0.110. The van der Waals surface area contributed by atoms with Gasteiger partial charge < -0.3 is 11.1 Å². The maximum absolute atomic E-state index is 11.9. The quantitative estimate of drug-likeness (QED) is 0.845. The predicted octanol–water partition coefficient (Wildman–Crippen LogP) is 3.54. The normalized spacial score (nSPS) is 13.0. The molecule has 0 fully saturated rings. The largest absolute Gasteiger partial charge is 0.346 e. The van der Waals surface area contributed by atoms with E-state index in [0.717, 1.165) is 22.7 Å². The molecule has 1 amide bonds. The first-order valence-corrected chi connectivity index (χ1v) is 8.06. The van der Waals surface area contributed by atoms with Crippen LogP contribution in [0.3, 0.4) is 0 Å². The van der Waals surface area contributed by atoms with Crippen LogP contribution in [0.25, 0.3) is 11.3 Å². The predicted molar refractivity (Wildman–Crippen MR) is 94.2 cm³/mol. The molecule has 2 atom stereocenters. The van der Waals surface area contributed by atoms with E-state index in [0.29, 0.717) is 6.42 Å². The Morgan fingerprint density at radius 2 is 2.05 bits per heavy atom. The average Bonchev–Trinajstić information content (AvgIpc) is 2.98. The molecule has 1 aromatic heterocycles. The van der Waals surface area contributed by atoms with Gasteiger partial charge in [0.05, 0.1) is 17.8 Å². The highest BCUT2D eigenvalue weighted by Crippen LogP contribution is 2.25. The molecule has 0 bridgehead atoms. The summed E-state index contributed by atoms with van der Waals surface area (Å²) in [7, 11) is 0. The van der Waals surface area contributed by atoms with Crippen molar-refractivity contribution in [3.8, 4) is 11.3 Å². The lowest BCUT2D eigenvalue weighted by Crippen LogP contribution is -2.41. The van der Waals surface area contributed by atoms with Gasteiger partial charge in [0.1, 0.15) is 5.01 Å². The number of nitrogens with one attached hydrogen (secondary N) is 1. The molecule has 0 aliphatic heterocycles. The highest BCUT2D eigenvalue weighted by Gasteiger charge is 2.18. The maximum Gasteiger partial charge on any atom is 0.237 e. The molecule has 2 aromatic rings. The molecule has 0 spiro atoms. The van der Waals surface area contributed by atoms with Crippen molar-refractivity contribution < 1.29 is 4.79 Å². The SMILES string of the molecule is CCCC(N)C(=O)NC(C)c1nc(-c2ccccc2)cs1.Cl. The molecule has 2 rings (SSSR count). The van der Waals surface area contributed by atoms with Crippen molar-refractivity contribution in [1.29, 1.82) is 0 Å². The van der Waals surface area contributed by atoms with Crippen molar-refractivity contribution in [3.63, 3.8) is 0 Å². The van der Waals surface area contributed by atoms with Gasteiger partial charge in [0.15, 0.2) is 0 Å². The number of carbonyl (C=O) groups excluding carboxylic acids is 1. The molecular weight excluding hydrogens is 318 g/mol. The lowest BCUT2D eigenvalue weighted by molar-refractivity contribution is -0.123. The number of nitrogens with zero attached hydrogens (tertiary/aromatic N) is 1. The van der Waals surface area contributed by atoms with Gasteiger partial charge in [0.2, 0.25) is 5.91 Å². The lowest BCUT2D eigenvalue weighted by atomic mass is 10.1. The number of carbonyl (C=O) groups is 1. The molecule has 6 heteroatoms. The number of rotatable bonds is 6. The van der Waals surface area contributed by atoms with E-state index in [1.54, 1.807) is 11.3 Å². The van der Waals surface area contributed by atoms with Crippen LogP contribution in [0.2, 0.25) is 0 Å². The second-order valence-corrected chi connectivity index (χ2v) is 5.95. The number of amides is 1. The van der Waals surface area contributed by atoms with Gasteiger partial charge in [-0.25, -0.2) is 4.98 Å². The zero-order chi connectivity index (χ0) is 15.2. The van der Waals surface area contributed by atoms with Gasteiger partial charge in [-0.15, -0.1) is 23.7 Å². The molecule has 22 heavy (non-hydrogen) atoms. The number of aromatic nitrogens is 1. The van der Waals surface area contributed by atoms with E-state index in [9.17, 15) is 4.79 Å². The molecular formula is C16H22ClN3OS. The van der Waals surface area contributed by atoms with E-state index in [-0.39, 0.29) is 24.4 Å². The first-order valence-electron chi connectivity index (χ1n) is 7.18. The van der Waals surface area contributed by atoms with Gasteiger partial charge in [0, 0.05) is 10.9 Å². The van der Waals surface area contributed by atoms with Crippen LogP contribution >= 0.6 is 23.7 Å². The highest BCUT2D eigenvalue weighted by molar-refractivity contribution is 7.10. The summed E-state index contributed by atoms with van der Waals surface area (Å²) in [6, 6.07) is 9.45. The first kappa shape index (κ1) is 18.6. The molecule has 120 valence electrons. The summed E-state index contributed by atoms with van der Waals surface area (Å²) in [6.45, 7) is 3.95. The van der Waals surface area contributed by atoms with Crippen LogP contribution in [0, 0.1) is 0 Å². The van der Waals surface area contributed by atoms with Crippen molar-refractivity contribution >= 4 is 29.7 Å². The van der Waals surface area contributed by atoms with Gasteiger partial charge in [-0.2, -0.15) is 0 Å². The summed E-state index contributed by atoms with van der Waals surface area (Å²) in [5.41, 5.74) is 7.85. The number of hydrogen-bond donors (Lipinski definition) is 2. The van der Waals surface area contributed by atoms with Crippen molar-refractivity contribution in [2.24, 2.45) is 5.73 Å². The van der Waals surface area contributed by atoms with E-state index in [1.165, 1.54) is 0 Å². The third-order valence-corrected chi connectivity index (χ3v) is 4.28. The summed E-state index contributed by atoms with van der Waals surface area (Å²) < 4.78 is 0. The number of hydrogen-bond acceptors (Lipinski definition) is 4. The second kappa shape index (κ2) is 8.88. The van der Waals surface area contributed by atoms with E-state index < -0.39 is 6.04 Å². The number of benzene rings is 1. The van der Waals surface area contributed by atoms with E-state index in [1.807, 2.05) is 49.6 Å². The number of nitrogens with two attached hydrogens (primary N) is 1. The Hall–Kier alpha value is -1.43. The third-order valence-electron chi connectivity index (χ3n) is 3.26. The molecule has 0 saturated heterocycles. The Bertz CT molecular complexity index is 588. The second-order valence-electron chi connectivity index (χ2n) is 5.06. The summed E-state index contributed by atoms with van der Waals surface area (Å²) in [6.07, 6.45) is 1.60. The minimum atomic E-state index is -0.439. The Labute approximate surface area is 141 Å². The summed E-state index contributed by atoms with van der Waals surface area (Å²) in [4.78, 5) is 16.5. The highest BCUT2D eigenvalue weighted by atomic mass is 35.5. The van der Waals surface area contributed by atoms with Crippen molar-refractivity contribution in [1.82, 2.24) is 10.3 Å². The fraction of sp³-hybridized carbons (Fsp3) is 0.375. The fourth-order valence-electron chi connectivity index (χ4n) is 2.05. The topological polar surface area (TPSA) is 68.0 Å². The van der Waals surface area contributed by atoms with Gasteiger partial charge in [-0.1, -0.05) is 43.7 Å². The average molecular weight is 340 g/mol. The first-order chi connectivity index (χ1) is 10.1. The maximum atomic E-state index is 11.9. The molecule has 0 aliphatic rings. The lowest BCUT2D eigenvalue weighted by Gasteiger charge is -2.15. The van der Waals surface area contributed by atoms with E-state index in [4.69, 9.17) is 5.73 Å². The van der Waals surface area contributed by atoms with Crippen LogP contribution < -0.4 is 11.1 Å². The third kappa shape index (κ3) is 4.80. The Morgan fingerprint density at radius 1 is 1.36 bits per heavy atom. The van der Waals surface area contributed by atoms with Gasteiger partial charge in [0.25, 0.3) is 0 Å².